The molecule has 0 radical (unpaired) electrons. The molecule has 2 fully saturated rings. The summed E-state index contributed by atoms with van der Waals surface area (Å²) in [6.45, 7) is 3.96. The number of aromatic amines is 1. The predicted octanol–water partition coefficient (Wildman–Crippen LogP) is 2.95. The summed E-state index contributed by atoms with van der Waals surface area (Å²) >= 11 is 1.68. The Morgan fingerprint density at radius 2 is 1.83 bits per heavy atom. The maximum absolute atomic E-state index is 13.1. The van der Waals surface area contributed by atoms with Gasteiger partial charge in [0, 0.05) is 55.3 Å². The second-order valence-electron chi connectivity index (χ2n) is 9.67. The third kappa shape index (κ3) is 4.27. The molecule has 1 N–H and O–H groups in total. The van der Waals surface area contributed by atoms with Crippen LogP contribution in [0, 0.1) is 0 Å². The Hall–Kier alpha value is -3.04. The molecule has 35 heavy (non-hydrogen) atoms. The lowest BCUT2D eigenvalue weighted by atomic mass is 9.97. The van der Waals surface area contributed by atoms with E-state index in [0.717, 1.165) is 54.7 Å². The van der Waals surface area contributed by atoms with Crippen molar-refractivity contribution in [2.75, 3.05) is 37.6 Å². The molecule has 2 saturated heterocycles. The first-order chi connectivity index (χ1) is 17.1. The number of rotatable bonds is 4. The van der Waals surface area contributed by atoms with Gasteiger partial charge in [0.25, 0.3) is 11.5 Å². The number of benzene rings is 1. The number of aromatic nitrogens is 2. The van der Waals surface area contributed by atoms with Gasteiger partial charge in [0.1, 0.15) is 10.7 Å². The van der Waals surface area contributed by atoms with E-state index in [2.05, 4.69) is 9.88 Å². The summed E-state index contributed by atoms with van der Waals surface area (Å²) in [4.78, 5) is 53.9. The summed E-state index contributed by atoms with van der Waals surface area (Å²) in [5.74, 6) is 0.815. The Balaban J connectivity index is 1.11. The molecule has 3 aromatic rings. The number of hydrogen-bond acceptors (Lipinski definition) is 6. The standard InChI is InChI=1S/C26H29N5O3S/c32-22-9-4-10-31(22)18-6-3-5-17(15-18)26(34)30-13-11-29(12-14-30)16-21-27-24(33)23-19-7-1-2-8-20(19)35-25(23)28-21/h3,5-6,15H,1-2,4,7-14,16H2,(H,27,28,33). The van der Waals surface area contributed by atoms with Crippen LogP contribution in [0.3, 0.4) is 0 Å². The van der Waals surface area contributed by atoms with E-state index in [1.54, 1.807) is 16.2 Å². The molecule has 0 unspecified atom stereocenters. The average Bonchev–Trinajstić information content (AvgIpc) is 3.47. The topological polar surface area (TPSA) is 89.6 Å². The number of anilines is 1. The molecule has 6 rings (SSSR count). The lowest BCUT2D eigenvalue weighted by molar-refractivity contribution is -0.117. The molecule has 1 aliphatic carbocycles. The molecule has 4 heterocycles. The fourth-order valence-corrected chi connectivity index (χ4v) is 6.80. The molecule has 0 spiro atoms. The summed E-state index contributed by atoms with van der Waals surface area (Å²) in [5.41, 5.74) is 2.61. The van der Waals surface area contributed by atoms with Gasteiger partial charge in [-0.1, -0.05) is 6.07 Å². The summed E-state index contributed by atoms with van der Waals surface area (Å²) in [5, 5.41) is 0.793. The molecule has 1 aromatic carbocycles. The minimum absolute atomic E-state index is 0.00439. The molecular weight excluding hydrogens is 462 g/mol. The largest absolute Gasteiger partial charge is 0.336 e. The van der Waals surface area contributed by atoms with E-state index in [9.17, 15) is 14.4 Å². The van der Waals surface area contributed by atoms with Crippen LogP contribution in [-0.2, 0) is 24.2 Å². The normalized spacial score (nSPS) is 18.9. The third-order valence-electron chi connectivity index (χ3n) is 7.39. The number of amides is 2. The van der Waals surface area contributed by atoms with E-state index in [-0.39, 0.29) is 17.4 Å². The molecule has 182 valence electrons. The molecule has 8 nitrogen and oxygen atoms in total. The van der Waals surface area contributed by atoms with Crippen LogP contribution in [0.2, 0.25) is 0 Å². The minimum Gasteiger partial charge on any atom is -0.336 e. The molecule has 3 aliphatic rings. The Kier molecular flexibility index (Phi) is 5.89. The van der Waals surface area contributed by atoms with Crippen LogP contribution in [0.25, 0.3) is 10.2 Å². The summed E-state index contributed by atoms with van der Waals surface area (Å²) in [7, 11) is 0. The van der Waals surface area contributed by atoms with Gasteiger partial charge in [-0.25, -0.2) is 4.98 Å². The summed E-state index contributed by atoms with van der Waals surface area (Å²) in [6.07, 6.45) is 5.80. The van der Waals surface area contributed by atoms with Gasteiger partial charge in [0.2, 0.25) is 5.91 Å². The highest BCUT2D eigenvalue weighted by atomic mass is 32.1. The maximum atomic E-state index is 13.1. The second kappa shape index (κ2) is 9.20. The zero-order chi connectivity index (χ0) is 23.9. The Morgan fingerprint density at radius 1 is 1.00 bits per heavy atom. The first-order valence-corrected chi connectivity index (χ1v) is 13.3. The van der Waals surface area contributed by atoms with Crippen LogP contribution in [0.15, 0.2) is 29.1 Å². The molecule has 0 atom stereocenters. The fraction of sp³-hybridized carbons (Fsp3) is 0.462. The molecule has 9 heteroatoms. The monoisotopic (exact) mass is 491 g/mol. The smallest absolute Gasteiger partial charge is 0.259 e. The fourth-order valence-electron chi connectivity index (χ4n) is 5.51. The number of hydrogen-bond donors (Lipinski definition) is 1. The van der Waals surface area contributed by atoms with Crippen molar-refractivity contribution in [3.8, 4) is 0 Å². The number of aryl methyl sites for hydroxylation is 2. The molecule has 2 aromatic heterocycles. The van der Waals surface area contributed by atoms with E-state index in [0.29, 0.717) is 44.0 Å². The van der Waals surface area contributed by atoms with Crippen LogP contribution in [0.4, 0.5) is 5.69 Å². The number of carbonyl (C=O) groups is 2. The first kappa shape index (κ1) is 22.4. The predicted molar refractivity (Wildman–Crippen MR) is 136 cm³/mol. The highest BCUT2D eigenvalue weighted by Crippen LogP contribution is 2.33. The molecule has 0 bridgehead atoms. The lowest BCUT2D eigenvalue weighted by Gasteiger charge is -2.34. The number of thiophene rings is 1. The van der Waals surface area contributed by atoms with Crippen LogP contribution in [0.1, 0.15) is 52.3 Å². The van der Waals surface area contributed by atoms with Crippen molar-refractivity contribution in [1.29, 1.82) is 0 Å². The lowest BCUT2D eigenvalue weighted by Crippen LogP contribution is -2.48. The zero-order valence-corrected chi connectivity index (χ0v) is 20.5. The van der Waals surface area contributed by atoms with Crippen LogP contribution >= 0.6 is 11.3 Å². The van der Waals surface area contributed by atoms with E-state index in [1.807, 2.05) is 29.2 Å². The Bertz CT molecular complexity index is 1350. The molecule has 2 aliphatic heterocycles. The van der Waals surface area contributed by atoms with Crippen LogP contribution in [0.5, 0.6) is 0 Å². The second-order valence-corrected chi connectivity index (χ2v) is 10.8. The minimum atomic E-state index is -0.0189. The molecule has 0 saturated carbocycles. The zero-order valence-electron chi connectivity index (χ0n) is 19.7. The highest BCUT2D eigenvalue weighted by Gasteiger charge is 2.26. The van der Waals surface area contributed by atoms with Gasteiger partial charge in [-0.15, -0.1) is 11.3 Å². The van der Waals surface area contributed by atoms with E-state index < -0.39 is 0 Å². The number of fused-ring (bicyclic) bond motifs is 3. The number of nitrogens with zero attached hydrogens (tertiary/aromatic N) is 4. The summed E-state index contributed by atoms with van der Waals surface area (Å²) in [6, 6.07) is 7.41. The van der Waals surface area contributed by atoms with Gasteiger partial charge < -0.3 is 14.8 Å². The highest BCUT2D eigenvalue weighted by molar-refractivity contribution is 7.18. The van der Waals surface area contributed by atoms with Crippen molar-refractivity contribution in [3.05, 3.63) is 56.4 Å². The van der Waals surface area contributed by atoms with Gasteiger partial charge >= 0.3 is 0 Å². The van der Waals surface area contributed by atoms with E-state index >= 15 is 0 Å². The quantitative estimate of drug-likeness (QED) is 0.606. The summed E-state index contributed by atoms with van der Waals surface area (Å²) < 4.78 is 0. The van der Waals surface area contributed by atoms with E-state index in [4.69, 9.17) is 4.98 Å². The Morgan fingerprint density at radius 3 is 2.63 bits per heavy atom. The van der Waals surface area contributed by atoms with Crippen molar-refractivity contribution in [2.45, 2.75) is 45.1 Å². The van der Waals surface area contributed by atoms with Gasteiger partial charge in [-0.2, -0.15) is 0 Å². The van der Waals surface area contributed by atoms with Gasteiger partial charge in [-0.05, 0) is 55.9 Å². The SMILES string of the molecule is O=C(c1cccc(N2CCCC2=O)c1)N1CCN(Cc2nc3sc4c(c3c(=O)[nH]2)CCCC4)CC1. The van der Waals surface area contributed by atoms with Crippen molar-refractivity contribution in [2.24, 2.45) is 0 Å². The molecular formula is C26H29N5O3S. The van der Waals surface area contributed by atoms with Crippen LogP contribution in [-0.4, -0.2) is 64.3 Å². The van der Waals surface area contributed by atoms with E-state index in [1.165, 1.54) is 16.9 Å². The number of carbonyl (C=O) groups excluding carboxylic acids is 2. The van der Waals surface area contributed by atoms with Crippen molar-refractivity contribution >= 4 is 39.1 Å². The van der Waals surface area contributed by atoms with Gasteiger partial charge in [-0.3, -0.25) is 19.3 Å². The van der Waals surface area contributed by atoms with Crippen molar-refractivity contribution in [3.63, 3.8) is 0 Å². The maximum Gasteiger partial charge on any atom is 0.259 e. The third-order valence-corrected chi connectivity index (χ3v) is 8.57. The number of H-pyrrole nitrogens is 1. The number of nitrogens with one attached hydrogen (secondary N) is 1. The van der Waals surface area contributed by atoms with Gasteiger partial charge in [0.15, 0.2) is 0 Å². The van der Waals surface area contributed by atoms with Crippen molar-refractivity contribution in [1.82, 2.24) is 19.8 Å². The first-order valence-electron chi connectivity index (χ1n) is 12.5. The number of piperazine rings is 1. The van der Waals surface area contributed by atoms with Gasteiger partial charge in [0.05, 0.1) is 11.9 Å². The van der Waals surface area contributed by atoms with Crippen LogP contribution < -0.4 is 10.5 Å². The molecule has 2 amide bonds. The van der Waals surface area contributed by atoms with Crippen molar-refractivity contribution < 1.29 is 9.59 Å². The average molecular weight is 492 g/mol. The Labute approximate surface area is 207 Å².